The van der Waals surface area contributed by atoms with E-state index in [1.165, 1.54) is 9.91 Å². The molecule has 0 spiro atoms. The lowest BCUT2D eigenvalue weighted by Crippen LogP contribution is -2.58. The maximum atomic E-state index is 14.1. The maximum absolute atomic E-state index is 14.1. The number of hydrogen-bond donors (Lipinski definition) is 4. The predicted octanol–water partition coefficient (Wildman–Crippen LogP) is 0.257. The highest BCUT2D eigenvalue weighted by Gasteiger charge is 2.33. The number of anilines is 1. The van der Waals surface area contributed by atoms with Crippen LogP contribution in [0.25, 0.3) is 5.57 Å². The van der Waals surface area contributed by atoms with Crippen molar-refractivity contribution in [3.05, 3.63) is 46.9 Å². The number of nitrogens with two attached hydrogens (primary N) is 2. The van der Waals surface area contributed by atoms with Gasteiger partial charge in [0.2, 0.25) is 0 Å². The number of primary amides is 1. The summed E-state index contributed by atoms with van der Waals surface area (Å²) in [5.74, 6) is 5.76. The van der Waals surface area contributed by atoms with Gasteiger partial charge in [0.1, 0.15) is 6.17 Å². The number of hydrogen-bond acceptors (Lipinski definition) is 7. The molecule has 6 N–H and O–H groups in total. The van der Waals surface area contributed by atoms with Gasteiger partial charge in [0.15, 0.2) is 17.5 Å². The van der Waals surface area contributed by atoms with Crippen LogP contribution in [0.1, 0.15) is 5.82 Å². The zero-order valence-corrected chi connectivity index (χ0v) is 14.2. The zero-order chi connectivity index (χ0) is 18.4. The number of allylic oxidation sites excluding steroid dienone is 2. The Morgan fingerprint density at radius 3 is 2.96 bits per heavy atom. The summed E-state index contributed by atoms with van der Waals surface area (Å²) >= 11 is 6.05. The Labute approximate surface area is 153 Å². The van der Waals surface area contributed by atoms with E-state index in [4.69, 9.17) is 23.2 Å². The highest BCUT2D eigenvalue weighted by atomic mass is 35.5. The molecule has 4 rings (SSSR count). The van der Waals surface area contributed by atoms with E-state index in [-0.39, 0.29) is 18.0 Å². The number of fused-ring (bicyclic) bond motifs is 1. The largest absolute Gasteiger partial charge is 0.365 e. The Morgan fingerprint density at radius 2 is 2.23 bits per heavy atom. The molecule has 11 heteroatoms. The minimum absolute atomic E-state index is 0.0584. The average molecular weight is 379 g/mol. The summed E-state index contributed by atoms with van der Waals surface area (Å²) in [5.41, 5.74) is 6.62. The minimum atomic E-state index is -0.584. The van der Waals surface area contributed by atoms with Gasteiger partial charge in [-0.3, -0.25) is 5.01 Å². The number of amides is 2. The third-order valence-corrected chi connectivity index (χ3v) is 4.59. The van der Waals surface area contributed by atoms with E-state index >= 15 is 0 Å². The van der Waals surface area contributed by atoms with Crippen molar-refractivity contribution in [3.63, 3.8) is 0 Å². The quantitative estimate of drug-likeness (QED) is 0.556. The molecule has 0 saturated carbocycles. The molecule has 26 heavy (non-hydrogen) atoms. The fraction of sp³-hybridized carbons (Fsp3) is 0.267. The molecule has 0 radical (unpaired) electrons. The molecule has 4 heterocycles. The molecule has 2 amide bonds. The summed E-state index contributed by atoms with van der Waals surface area (Å²) in [6.45, 7) is 0.788. The normalized spacial score (nSPS) is 22.0. The van der Waals surface area contributed by atoms with E-state index in [9.17, 15) is 9.18 Å². The molecular formula is C15H16ClFN8O. The summed E-state index contributed by atoms with van der Waals surface area (Å²) in [6.07, 6.45) is 5.89. The highest BCUT2D eigenvalue weighted by Crippen LogP contribution is 2.34. The molecule has 1 fully saturated rings. The van der Waals surface area contributed by atoms with Crippen molar-refractivity contribution in [2.45, 2.75) is 12.2 Å². The van der Waals surface area contributed by atoms with Crippen LogP contribution in [0, 0.1) is 5.82 Å². The number of likely N-dealkylation sites (tertiary alicyclic amines) is 1. The van der Waals surface area contributed by atoms with Gasteiger partial charge in [0.05, 0.1) is 17.3 Å². The van der Waals surface area contributed by atoms with Gasteiger partial charge in [-0.15, -0.1) is 0 Å². The summed E-state index contributed by atoms with van der Waals surface area (Å²) in [5, 5.41) is 8.01. The third kappa shape index (κ3) is 2.82. The number of halogens is 2. The Hall–Kier alpha value is -2.85. The van der Waals surface area contributed by atoms with Crippen molar-refractivity contribution in [1.82, 2.24) is 25.2 Å². The monoisotopic (exact) mass is 378 g/mol. The number of rotatable bonds is 3. The first kappa shape index (κ1) is 16.6. The van der Waals surface area contributed by atoms with Crippen molar-refractivity contribution in [2.24, 2.45) is 11.6 Å². The Kier molecular flexibility index (Phi) is 3.93. The Bertz CT molecular complexity index is 863. The zero-order valence-electron chi connectivity index (χ0n) is 13.5. The molecule has 1 atom stereocenters. The van der Waals surface area contributed by atoms with E-state index in [0.29, 0.717) is 29.5 Å². The van der Waals surface area contributed by atoms with Crippen LogP contribution in [0.2, 0.25) is 0 Å². The number of urea groups is 1. The standard InChI is InChI=1S/C15H16ClFN8O/c16-7-1-9-10(6-25(19)14(9)21-2-7)12-20-3-11(17)13(23-12)22-8-4-24(5-8)15(18)26/h1-3,6,8,14,21H,4-5,19H2,(H2,18,26)(H,20,22,23). The fourth-order valence-corrected chi connectivity index (χ4v) is 3.20. The van der Waals surface area contributed by atoms with E-state index < -0.39 is 11.8 Å². The number of carbonyl (C=O) groups excluding carboxylic acids is 1. The molecule has 1 aromatic heterocycles. The van der Waals surface area contributed by atoms with Gasteiger partial charge in [-0.05, 0) is 6.08 Å². The van der Waals surface area contributed by atoms with Gasteiger partial charge in [-0.2, -0.15) is 0 Å². The SMILES string of the molecule is NC(=O)N1CC(Nc2nc(C3=CN(N)C4NC=C(Cl)C=C34)ncc2F)C1. The van der Waals surface area contributed by atoms with Gasteiger partial charge in [0, 0.05) is 36.6 Å². The van der Waals surface area contributed by atoms with Gasteiger partial charge in [-0.25, -0.2) is 25.0 Å². The summed E-state index contributed by atoms with van der Waals surface area (Å²) in [4.78, 5) is 20.8. The molecule has 3 aliphatic heterocycles. The van der Waals surface area contributed by atoms with Crippen LogP contribution in [-0.4, -0.2) is 51.2 Å². The van der Waals surface area contributed by atoms with Gasteiger partial charge >= 0.3 is 6.03 Å². The lowest BCUT2D eigenvalue weighted by molar-refractivity contribution is 0.167. The first-order valence-corrected chi connectivity index (χ1v) is 8.22. The lowest BCUT2D eigenvalue weighted by Gasteiger charge is -2.38. The van der Waals surface area contributed by atoms with E-state index in [1.807, 2.05) is 0 Å². The van der Waals surface area contributed by atoms with Gasteiger partial charge < -0.3 is 21.3 Å². The number of hydrazine groups is 1. The van der Waals surface area contributed by atoms with Crippen LogP contribution in [-0.2, 0) is 0 Å². The number of nitrogens with zero attached hydrogens (tertiary/aromatic N) is 4. The molecule has 9 nitrogen and oxygen atoms in total. The Morgan fingerprint density at radius 1 is 1.46 bits per heavy atom. The molecule has 3 aliphatic rings. The first-order chi connectivity index (χ1) is 12.4. The lowest BCUT2D eigenvalue weighted by atomic mass is 10.0. The van der Waals surface area contributed by atoms with E-state index in [0.717, 1.165) is 11.8 Å². The average Bonchev–Trinajstić information content (AvgIpc) is 2.88. The molecule has 1 aromatic rings. The summed E-state index contributed by atoms with van der Waals surface area (Å²) in [6, 6.07) is -0.622. The fourth-order valence-electron chi connectivity index (χ4n) is 3.02. The smallest absolute Gasteiger partial charge is 0.314 e. The van der Waals surface area contributed by atoms with Crippen LogP contribution in [0.3, 0.4) is 0 Å². The summed E-state index contributed by atoms with van der Waals surface area (Å²) in [7, 11) is 0. The van der Waals surface area contributed by atoms with Crippen molar-refractivity contribution in [2.75, 3.05) is 18.4 Å². The van der Waals surface area contributed by atoms with E-state index in [1.54, 1.807) is 18.5 Å². The predicted molar refractivity (Wildman–Crippen MR) is 93.5 cm³/mol. The Balaban J connectivity index is 1.58. The van der Waals surface area contributed by atoms with Crippen molar-refractivity contribution < 1.29 is 9.18 Å². The molecule has 1 unspecified atom stereocenters. The van der Waals surface area contributed by atoms with Crippen molar-refractivity contribution in [1.29, 1.82) is 0 Å². The topological polar surface area (TPSA) is 125 Å². The highest BCUT2D eigenvalue weighted by molar-refractivity contribution is 6.31. The van der Waals surface area contributed by atoms with Crippen LogP contribution in [0.4, 0.5) is 15.0 Å². The molecular weight excluding hydrogens is 363 g/mol. The molecule has 136 valence electrons. The third-order valence-electron chi connectivity index (χ3n) is 4.37. The number of nitrogens with one attached hydrogen (secondary N) is 2. The van der Waals surface area contributed by atoms with Crippen molar-refractivity contribution in [3.8, 4) is 0 Å². The molecule has 1 saturated heterocycles. The van der Waals surface area contributed by atoms with Gasteiger partial charge in [-0.1, -0.05) is 11.6 Å². The van der Waals surface area contributed by atoms with E-state index in [2.05, 4.69) is 20.6 Å². The van der Waals surface area contributed by atoms with Crippen LogP contribution < -0.4 is 22.2 Å². The van der Waals surface area contributed by atoms with Crippen LogP contribution in [0.15, 0.2) is 35.3 Å². The molecule has 0 bridgehead atoms. The van der Waals surface area contributed by atoms with Gasteiger partial charge in [0.25, 0.3) is 0 Å². The maximum Gasteiger partial charge on any atom is 0.314 e. The number of aromatic nitrogens is 2. The van der Waals surface area contributed by atoms with Crippen molar-refractivity contribution >= 4 is 29.0 Å². The number of dihydropyridines is 1. The second-order valence-electron chi connectivity index (χ2n) is 6.16. The minimum Gasteiger partial charge on any atom is -0.365 e. The summed E-state index contributed by atoms with van der Waals surface area (Å²) < 4.78 is 14.1. The van der Waals surface area contributed by atoms with Crippen LogP contribution >= 0.6 is 11.6 Å². The second-order valence-corrected chi connectivity index (χ2v) is 6.60. The number of carbonyl (C=O) groups is 1. The molecule has 0 aromatic carbocycles. The first-order valence-electron chi connectivity index (χ1n) is 7.85. The molecule has 0 aliphatic carbocycles. The second kappa shape index (κ2) is 6.15. The van der Waals surface area contributed by atoms with Crippen LogP contribution in [0.5, 0.6) is 0 Å².